The number of carbonyl (C=O) groups is 1. The van der Waals surface area contributed by atoms with Gasteiger partial charge in [-0.3, -0.25) is 9.36 Å². The van der Waals surface area contributed by atoms with Gasteiger partial charge in [-0.1, -0.05) is 24.2 Å². The Labute approximate surface area is 168 Å². The van der Waals surface area contributed by atoms with Crippen LogP contribution in [0.3, 0.4) is 0 Å². The number of fused-ring (bicyclic) bond motifs is 1. The van der Waals surface area contributed by atoms with Gasteiger partial charge in [0.2, 0.25) is 11.8 Å². The minimum atomic E-state index is -0.0713. The minimum absolute atomic E-state index is 0.0713. The zero-order chi connectivity index (χ0) is 20.2. The minimum Gasteiger partial charge on any atom is -0.343 e. The van der Waals surface area contributed by atoms with E-state index in [0.717, 1.165) is 42.5 Å². The second-order valence-electron chi connectivity index (χ2n) is 7.64. The second-order valence-corrected chi connectivity index (χ2v) is 7.64. The topological polar surface area (TPSA) is 97.0 Å². The van der Waals surface area contributed by atoms with Gasteiger partial charge in [0.1, 0.15) is 0 Å². The lowest BCUT2D eigenvalue weighted by atomic mass is 10.0. The maximum atomic E-state index is 12.6. The summed E-state index contributed by atoms with van der Waals surface area (Å²) in [6.07, 6.45) is 5.19. The molecule has 29 heavy (non-hydrogen) atoms. The molecule has 4 rings (SSSR count). The average molecular weight is 397 g/mol. The molecule has 1 aromatic carbocycles. The third kappa shape index (κ3) is 4.26. The third-order valence-electron chi connectivity index (χ3n) is 5.57. The summed E-state index contributed by atoms with van der Waals surface area (Å²) in [6.45, 7) is 3.43. The number of aromatic amines is 1. The Balaban J connectivity index is 1.28. The Kier molecular flexibility index (Phi) is 5.78. The summed E-state index contributed by atoms with van der Waals surface area (Å²) in [5, 5.41) is 3.94. The standard InChI is InChI=1S/C21H27N5O3/c1-2-6-18-23-19(29-24-18)9-5-10-20(27)25-13-11-15(12-14-25)26-17-8-4-3-7-16(17)22-21(26)28/h3-4,7-8,15H,2,5-6,9-14H2,1H3,(H,22,28). The van der Waals surface area contributed by atoms with Crippen molar-refractivity contribution in [2.45, 2.75) is 57.9 Å². The number of nitrogens with zero attached hydrogens (tertiary/aromatic N) is 4. The molecule has 0 aliphatic carbocycles. The molecule has 1 saturated heterocycles. The molecule has 3 aromatic rings. The zero-order valence-electron chi connectivity index (χ0n) is 16.8. The number of para-hydroxylation sites is 2. The second kappa shape index (κ2) is 8.63. The molecular formula is C21H27N5O3. The molecule has 0 bridgehead atoms. The van der Waals surface area contributed by atoms with Gasteiger partial charge in [0.05, 0.1) is 11.0 Å². The third-order valence-corrected chi connectivity index (χ3v) is 5.57. The van der Waals surface area contributed by atoms with Crippen LogP contribution in [-0.2, 0) is 17.6 Å². The van der Waals surface area contributed by atoms with Gasteiger partial charge in [-0.05, 0) is 37.8 Å². The number of piperidine rings is 1. The van der Waals surface area contributed by atoms with E-state index in [2.05, 4.69) is 22.0 Å². The van der Waals surface area contributed by atoms with Gasteiger partial charge in [-0.2, -0.15) is 4.98 Å². The van der Waals surface area contributed by atoms with Crippen LogP contribution in [0.25, 0.3) is 11.0 Å². The van der Waals surface area contributed by atoms with Crippen LogP contribution in [0.1, 0.15) is 56.8 Å². The summed E-state index contributed by atoms with van der Waals surface area (Å²) in [4.78, 5) is 34.1. The number of aryl methyl sites for hydroxylation is 2. The maximum Gasteiger partial charge on any atom is 0.326 e. The number of aromatic nitrogens is 4. The van der Waals surface area contributed by atoms with Crippen LogP contribution < -0.4 is 5.69 Å². The van der Waals surface area contributed by atoms with Crippen molar-refractivity contribution < 1.29 is 9.32 Å². The number of benzene rings is 1. The smallest absolute Gasteiger partial charge is 0.326 e. The fourth-order valence-electron chi connectivity index (χ4n) is 4.08. The van der Waals surface area contributed by atoms with Crippen molar-refractivity contribution in [1.82, 2.24) is 24.6 Å². The molecule has 0 spiro atoms. The quantitative estimate of drug-likeness (QED) is 0.661. The molecule has 0 atom stereocenters. The van der Waals surface area contributed by atoms with Crippen molar-refractivity contribution in [3.63, 3.8) is 0 Å². The number of hydrogen-bond donors (Lipinski definition) is 1. The van der Waals surface area contributed by atoms with Gasteiger partial charge in [0.15, 0.2) is 5.82 Å². The summed E-state index contributed by atoms with van der Waals surface area (Å²) in [5.41, 5.74) is 1.72. The molecule has 8 nitrogen and oxygen atoms in total. The van der Waals surface area contributed by atoms with Crippen molar-refractivity contribution in [2.24, 2.45) is 0 Å². The van der Waals surface area contributed by atoms with Gasteiger partial charge >= 0.3 is 5.69 Å². The number of likely N-dealkylation sites (tertiary alicyclic amines) is 1. The molecule has 3 heterocycles. The Bertz CT molecular complexity index is 1030. The van der Waals surface area contributed by atoms with Crippen molar-refractivity contribution in [3.05, 3.63) is 46.5 Å². The van der Waals surface area contributed by atoms with E-state index in [4.69, 9.17) is 4.52 Å². The van der Waals surface area contributed by atoms with Gasteiger partial charge in [-0.15, -0.1) is 0 Å². The summed E-state index contributed by atoms with van der Waals surface area (Å²) >= 11 is 0. The first-order chi connectivity index (χ1) is 14.2. The SMILES string of the molecule is CCCc1noc(CCCC(=O)N2CCC(n3c(=O)[nH]c4ccccc43)CC2)n1. The molecule has 2 aromatic heterocycles. The number of amides is 1. The van der Waals surface area contributed by atoms with E-state index in [1.807, 2.05) is 33.7 Å². The molecular weight excluding hydrogens is 370 g/mol. The van der Waals surface area contributed by atoms with Crippen LogP contribution >= 0.6 is 0 Å². The molecule has 154 valence electrons. The van der Waals surface area contributed by atoms with E-state index in [0.29, 0.717) is 38.2 Å². The van der Waals surface area contributed by atoms with E-state index < -0.39 is 0 Å². The highest BCUT2D eigenvalue weighted by Crippen LogP contribution is 2.25. The molecule has 1 amide bonds. The van der Waals surface area contributed by atoms with Gasteiger partial charge in [0, 0.05) is 38.4 Å². The maximum absolute atomic E-state index is 12.6. The van der Waals surface area contributed by atoms with Crippen LogP contribution in [0.2, 0.25) is 0 Å². The molecule has 8 heteroatoms. The molecule has 1 N–H and O–H groups in total. The normalized spacial score (nSPS) is 15.3. The molecule has 1 aliphatic heterocycles. The Morgan fingerprint density at radius 1 is 1.24 bits per heavy atom. The van der Waals surface area contributed by atoms with Crippen LogP contribution in [0.5, 0.6) is 0 Å². The first kappa shape index (κ1) is 19.4. The number of carbonyl (C=O) groups excluding carboxylic acids is 1. The van der Waals surface area contributed by atoms with Gasteiger partial charge < -0.3 is 14.4 Å². The molecule has 0 unspecified atom stereocenters. The summed E-state index contributed by atoms with van der Waals surface area (Å²) in [7, 11) is 0. The zero-order valence-corrected chi connectivity index (χ0v) is 16.8. The van der Waals surface area contributed by atoms with Crippen molar-refractivity contribution in [2.75, 3.05) is 13.1 Å². The van der Waals surface area contributed by atoms with E-state index in [1.165, 1.54) is 0 Å². The Morgan fingerprint density at radius 3 is 2.83 bits per heavy atom. The lowest BCUT2D eigenvalue weighted by molar-refractivity contribution is -0.132. The van der Waals surface area contributed by atoms with Crippen LogP contribution in [-0.4, -0.2) is 43.6 Å². The lowest BCUT2D eigenvalue weighted by Gasteiger charge is -2.32. The first-order valence-electron chi connectivity index (χ1n) is 10.4. The van der Waals surface area contributed by atoms with Crippen LogP contribution in [0.15, 0.2) is 33.6 Å². The number of rotatable bonds is 7. The van der Waals surface area contributed by atoms with E-state index >= 15 is 0 Å². The largest absolute Gasteiger partial charge is 0.343 e. The van der Waals surface area contributed by atoms with Crippen molar-refractivity contribution >= 4 is 16.9 Å². The highest BCUT2D eigenvalue weighted by molar-refractivity contribution is 5.76. The average Bonchev–Trinajstić information content (AvgIpc) is 3.31. The summed E-state index contributed by atoms with van der Waals surface area (Å²) in [6, 6.07) is 7.87. The monoisotopic (exact) mass is 397 g/mol. The fourth-order valence-corrected chi connectivity index (χ4v) is 4.08. The molecule has 1 fully saturated rings. The van der Waals surface area contributed by atoms with Gasteiger partial charge in [-0.25, -0.2) is 4.79 Å². The van der Waals surface area contributed by atoms with E-state index in [1.54, 1.807) is 0 Å². The van der Waals surface area contributed by atoms with Crippen molar-refractivity contribution in [1.29, 1.82) is 0 Å². The molecule has 0 saturated carbocycles. The number of hydrogen-bond acceptors (Lipinski definition) is 5. The highest BCUT2D eigenvalue weighted by atomic mass is 16.5. The lowest BCUT2D eigenvalue weighted by Crippen LogP contribution is -2.40. The fraction of sp³-hybridized carbons (Fsp3) is 0.524. The Morgan fingerprint density at radius 2 is 2.03 bits per heavy atom. The first-order valence-corrected chi connectivity index (χ1v) is 10.4. The number of H-pyrrole nitrogens is 1. The summed E-state index contributed by atoms with van der Waals surface area (Å²) in [5.74, 6) is 1.50. The highest BCUT2D eigenvalue weighted by Gasteiger charge is 2.25. The van der Waals surface area contributed by atoms with E-state index in [-0.39, 0.29) is 17.6 Å². The van der Waals surface area contributed by atoms with Crippen molar-refractivity contribution in [3.8, 4) is 0 Å². The number of imidazole rings is 1. The van der Waals surface area contributed by atoms with Gasteiger partial charge in [0.25, 0.3) is 0 Å². The predicted molar refractivity (Wildman–Crippen MR) is 109 cm³/mol. The Hall–Kier alpha value is -2.90. The van der Waals surface area contributed by atoms with E-state index in [9.17, 15) is 9.59 Å². The molecule has 1 aliphatic rings. The predicted octanol–water partition coefficient (Wildman–Crippen LogP) is 2.85. The van der Waals surface area contributed by atoms with Crippen LogP contribution in [0, 0.1) is 0 Å². The summed E-state index contributed by atoms with van der Waals surface area (Å²) < 4.78 is 7.07. The van der Waals surface area contributed by atoms with Crippen LogP contribution in [0.4, 0.5) is 0 Å². The molecule has 0 radical (unpaired) electrons. The number of nitrogens with one attached hydrogen (secondary N) is 1.